The highest BCUT2D eigenvalue weighted by atomic mass is 16.3. The molecule has 0 radical (unpaired) electrons. The number of furan rings is 1. The Kier molecular flexibility index (Phi) is 4.02. The van der Waals surface area contributed by atoms with Gasteiger partial charge in [0.25, 0.3) is 0 Å². The van der Waals surface area contributed by atoms with Gasteiger partial charge in [0.05, 0.1) is 6.54 Å². The Morgan fingerprint density at radius 1 is 1.19 bits per heavy atom. The average Bonchev–Trinajstić information content (AvgIpc) is 2.83. The minimum atomic E-state index is 0.461. The van der Waals surface area contributed by atoms with Crippen LogP contribution in [0.5, 0.6) is 0 Å². The zero-order chi connectivity index (χ0) is 15.0. The lowest BCUT2D eigenvalue weighted by atomic mass is 10.1. The summed E-state index contributed by atoms with van der Waals surface area (Å²) in [7, 11) is 2.21. The van der Waals surface area contributed by atoms with Crippen molar-refractivity contribution in [3.63, 3.8) is 0 Å². The molecule has 2 heterocycles. The molecule has 0 bridgehead atoms. The predicted octanol–water partition coefficient (Wildman–Crippen LogP) is 2.42. The highest BCUT2D eigenvalue weighted by Crippen LogP contribution is 2.28. The minimum Gasteiger partial charge on any atom is -0.459 e. The van der Waals surface area contributed by atoms with Gasteiger partial charge in [0.15, 0.2) is 0 Å². The fourth-order valence-corrected chi connectivity index (χ4v) is 3.35. The van der Waals surface area contributed by atoms with Crippen molar-refractivity contribution < 1.29 is 4.42 Å². The second-order valence-electron chi connectivity index (χ2n) is 6.26. The van der Waals surface area contributed by atoms with Gasteiger partial charge in [0.1, 0.15) is 11.3 Å². The first-order valence-corrected chi connectivity index (χ1v) is 7.73. The number of fused-ring (bicyclic) bond motifs is 1. The summed E-state index contributed by atoms with van der Waals surface area (Å²) < 4.78 is 5.90. The van der Waals surface area contributed by atoms with E-state index in [1.54, 1.807) is 0 Å². The van der Waals surface area contributed by atoms with E-state index in [2.05, 4.69) is 42.8 Å². The lowest BCUT2D eigenvalue weighted by molar-refractivity contribution is 0.0555. The van der Waals surface area contributed by atoms with E-state index in [9.17, 15) is 0 Å². The fourth-order valence-electron chi connectivity index (χ4n) is 3.35. The van der Waals surface area contributed by atoms with E-state index in [1.807, 2.05) is 12.1 Å². The Labute approximate surface area is 126 Å². The molecule has 1 saturated heterocycles. The average molecular weight is 287 g/mol. The summed E-state index contributed by atoms with van der Waals surface area (Å²) in [6, 6.07) is 9.39. The maximum atomic E-state index is 5.90. The van der Waals surface area contributed by atoms with Crippen LogP contribution in [0.15, 0.2) is 28.7 Å². The van der Waals surface area contributed by atoms with Crippen molar-refractivity contribution in [1.29, 1.82) is 0 Å². The summed E-state index contributed by atoms with van der Waals surface area (Å²) >= 11 is 0. The van der Waals surface area contributed by atoms with Gasteiger partial charge in [-0.05, 0) is 27.0 Å². The molecule has 1 aliphatic heterocycles. The Balaban J connectivity index is 1.87. The van der Waals surface area contributed by atoms with E-state index in [0.717, 1.165) is 31.0 Å². The van der Waals surface area contributed by atoms with Gasteiger partial charge < -0.3 is 10.2 Å². The minimum absolute atomic E-state index is 0.461. The molecule has 4 heteroatoms. The lowest BCUT2D eigenvalue weighted by Gasteiger charge is -2.42. The van der Waals surface area contributed by atoms with Crippen LogP contribution in [0, 0.1) is 0 Å². The molecule has 2 unspecified atom stereocenters. The third-order valence-electron chi connectivity index (χ3n) is 4.78. The molecule has 0 spiro atoms. The molecule has 1 aliphatic rings. The van der Waals surface area contributed by atoms with Crippen LogP contribution in [0.1, 0.15) is 25.2 Å². The van der Waals surface area contributed by atoms with Crippen LogP contribution in [0.4, 0.5) is 0 Å². The highest BCUT2D eigenvalue weighted by molar-refractivity contribution is 5.82. The van der Waals surface area contributed by atoms with E-state index in [-0.39, 0.29) is 0 Å². The number of piperazine rings is 1. The standard InChI is InChI=1S/C17H25N3O/c1-12-9-20(10-13(2)19(12)3)11-15-14-6-4-5-7-16(14)21-17(15)8-18/h4-7,12-13H,8-11,18H2,1-3H3. The summed E-state index contributed by atoms with van der Waals surface area (Å²) in [5, 5.41) is 1.21. The summed E-state index contributed by atoms with van der Waals surface area (Å²) in [6.45, 7) is 8.14. The Morgan fingerprint density at radius 2 is 1.86 bits per heavy atom. The Hall–Kier alpha value is -1.36. The molecule has 2 N–H and O–H groups in total. The molecule has 0 aliphatic carbocycles. The molecule has 1 fully saturated rings. The maximum absolute atomic E-state index is 5.90. The smallest absolute Gasteiger partial charge is 0.134 e. The molecule has 1 aromatic carbocycles. The quantitative estimate of drug-likeness (QED) is 0.941. The molecular weight excluding hydrogens is 262 g/mol. The van der Waals surface area contributed by atoms with Gasteiger partial charge in [-0.25, -0.2) is 0 Å². The van der Waals surface area contributed by atoms with Crippen LogP contribution in [0.3, 0.4) is 0 Å². The molecule has 0 saturated carbocycles. The van der Waals surface area contributed by atoms with Crippen molar-refractivity contribution in [2.24, 2.45) is 5.73 Å². The van der Waals surface area contributed by atoms with Gasteiger partial charge in [0, 0.05) is 42.7 Å². The number of nitrogens with two attached hydrogens (primary N) is 1. The van der Waals surface area contributed by atoms with E-state index < -0.39 is 0 Å². The van der Waals surface area contributed by atoms with Gasteiger partial charge in [0.2, 0.25) is 0 Å². The Morgan fingerprint density at radius 3 is 2.52 bits per heavy atom. The molecule has 21 heavy (non-hydrogen) atoms. The van der Waals surface area contributed by atoms with Crippen LogP contribution >= 0.6 is 0 Å². The third-order valence-corrected chi connectivity index (χ3v) is 4.78. The van der Waals surface area contributed by atoms with E-state index in [1.165, 1.54) is 10.9 Å². The monoisotopic (exact) mass is 287 g/mol. The second kappa shape index (κ2) is 5.79. The topological polar surface area (TPSA) is 45.6 Å². The van der Waals surface area contributed by atoms with E-state index in [4.69, 9.17) is 10.2 Å². The van der Waals surface area contributed by atoms with Gasteiger partial charge in [-0.3, -0.25) is 9.80 Å². The van der Waals surface area contributed by atoms with Crippen molar-refractivity contribution in [3.05, 3.63) is 35.6 Å². The number of hydrogen-bond acceptors (Lipinski definition) is 4. The number of likely N-dealkylation sites (N-methyl/N-ethyl adjacent to an activating group) is 1. The summed E-state index contributed by atoms with van der Waals surface area (Å²) in [4.78, 5) is 4.97. The molecule has 0 amide bonds. The summed E-state index contributed by atoms with van der Waals surface area (Å²) in [6.07, 6.45) is 0. The van der Waals surface area contributed by atoms with Crippen LogP contribution < -0.4 is 5.73 Å². The van der Waals surface area contributed by atoms with Crippen LogP contribution in [-0.2, 0) is 13.1 Å². The van der Waals surface area contributed by atoms with Gasteiger partial charge in [-0.1, -0.05) is 18.2 Å². The maximum Gasteiger partial charge on any atom is 0.134 e. The van der Waals surface area contributed by atoms with E-state index >= 15 is 0 Å². The zero-order valence-corrected chi connectivity index (χ0v) is 13.2. The molecular formula is C17H25N3O. The highest BCUT2D eigenvalue weighted by Gasteiger charge is 2.27. The number of benzene rings is 1. The molecule has 2 aromatic rings. The second-order valence-corrected chi connectivity index (χ2v) is 6.26. The number of rotatable bonds is 3. The first-order chi connectivity index (χ1) is 10.1. The first kappa shape index (κ1) is 14.6. The molecule has 1 aromatic heterocycles. The normalized spacial score (nSPS) is 24.8. The first-order valence-electron chi connectivity index (χ1n) is 7.73. The number of nitrogens with zero attached hydrogens (tertiary/aromatic N) is 2. The lowest BCUT2D eigenvalue weighted by Crippen LogP contribution is -2.54. The number of hydrogen-bond donors (Lipinski definition) is 1. The van der Waals surface area contributed by atoms with Crippen LogP contribution in [0.25, 0.3) is 11.0 Å². The molecule has 3 rings (SSSR count). The van der Waals surface area contributed by atoms with Crippen LogP contribution in [0.2, 0.25) is 0 Å². The molecule has 114 valence electrons. The zero-order valence-electron chi connectivity index (χ0n) is 13.2. The number of para-hydroxylation sites is 1. The van der Waals surface area contributed by atoms with Crippen molar-refractivity contribution in [3.8, 4) is 0 Å². The SMILES string of the molecule is CC1CN(Cc2c(CN)oc3ccccc23)CC(C)N1C. The van der Waals surface area contributed by atoms with Crippen LogP contribution in [-0.4, -0.2) is 42.0 Å². The van der Waals surface area contributed by atoms with Crippen molar-refractivity contribution in [2.45, 2.75) is 39.0 Å². The van der Waals surface area contributed by atoms with Crippen molar-refractivity contribution in [1.82, 2.24) is 9.80 Å². The van der Waals surface area contributed by atoms with Gasteiger partial charge in [-0.2, -0.15) is 0 Å². The summed E-state index contributed by atoms with van der Waals surface area (Å²) in [5.41, 5.74) is 8.08. The third kappa shape index (κ3) is 2.71. The van der Waals surface area contributed by atoms with Gasteiger partial charge >= 0.3 is 0 Å². The summed E-state index contributed by atoms with van der Waals surface area (Å²) in [5.74, 6) is 0.926. The molecule has 2 atom stereocenters. The predicted molar refractivity (Wildman–Crippen MR) is 86.1 cm³/mol. The Bertz CT molecular complexity index is 610. The van der Waals surface area contributed by atoms with Gasteiger partial charge in [-0.15, -0.1) is 0 Å². The van der Waals surface area contributed by atoms with Crippen molar-refractivity contribution >= 4 is 11.0 Å². The van der Waals surface area contributed by atoms with Crippen molar-refractivity contribution in [2.75, 3.05) is 20.1 Å². The molecule has 4 nitrogen and oxygen atoms in total. The van der Waals surface area contributed by atoms with E-state index in [0.29, 0.717) is 18.6 Å². The fraction of sp³-hybridized carbons (Fsp3) is 0.529. The largest absolute Gasteiger partial charge is 0.459 e.